The predicted octanol–water partition coefficient (Wildman–Crippen LogP) is 2.97. The van der Waals surface area contributed by atoms with E-state index in [-0.39, 0.29) is 0 Å². The molecule has 0 aliphatic rings. The summed E-state index contributed by atoms with van der Waals surface area (Å²) in [5.74, 6) is 2.03. The molecule has 0 spiro atoms. The van der Waals surface area contributed by atoms with E-state index in [0.29, 0.717) is 0 Å². The molecule has 3 heteroatoms. The van der Waals surface area contributed by atoms with Crippen LogP contribution in [0.25, 0.3) is 0 Å². The van der Waals surface area contributed by atoms with Crippen LogP contribution in [0.3, 0.4) is 0 Å². The predicted molar refractivity (Wildman–Crippen MR) is 84.2 cm³/mol. The number of rotatable bonds is 4. The first-order valence-corrected chi connectivity index (χ1v) is 10.2. The zero-order valence-corrected chi connectivity index (χ0v) is 16.8. The molecule has 0 saturated heterocycles. The van der Waals surface area contributed by atoms with E-state index in [9.17, 15) is 0 Å². The Balaban J connectivity index is 2.35. The van der Waals surface area contributed by atoms with Crippen molar-refractivity contribution in [3.05, 3.63) is 46.5 Å². The Morgan fingerprint density at radius 2 is 0.905 bits per heavy atom. The Bertz CT molecular complexity index is 559. The third-order valence-corrected chi connectivity index (χ3v) is 7.28. The molecular weight excluding hydrogens is 314 g/mol. The fraction of sp³-hybridized carbons (Fsp3) is 0.333. The van der Waals surface area contributed by atoms with Crippen LogP contribution in [-0.4, -0.2) is 14.2 Å². The first kappa shape index (κ1) is 16.0. The second-order valence-corrected chi connectivity index (χ2v) is 9.87. The third-order valence-electron chi connectivity index (χ3n) is 3.86. The van der Waals surface area contributed by atoms with Gasteiger partial charge in [0.25, 0.3) is 0 Å². The molecular formula is C18H22O2Zn. The number of ether oxygens (including phenoxy) is 2. The minimum atomic E-state index is -0.970. The van der Waals surface area contributed by atoms with Crippen molar-refractivity contribution in [2.75, 3.05) is 14.2 Å². The zero-order chi connectivity index (χ0) is 15.6. The van der Waals surface area contributed by atoms with Crippen LogP contribution in [0.4, 0.5) is 0 Å². The van der Waals surface area contributed by atoms with Crippen molar-refractivity contribution in [1.82, 2.24) is 0 Å². The quantitative estimate of drug-likeness (QED) is 0.800. The van der Waals surface area contributed by atoms with E-state index in [1.54, 1.807) is 14.2 Å². The van der Waals surface area contributed by atoms with Crippen molar-refractivity contribution in [2.45, 2.75) is 27.7 Å². The van der Waals surface area contributed by atoms with Crippen molar-refractivity contribution in [3.63, 3.8) is 0 Å². The van der Waals surface area contributed by atoms with E-state index in [4.69, 9.17) is 9.47 Å². The molecule has 2 aromatic carbocycles. The molecule has 0 amide bonds. The van der Waals surface area contributed by atoms with Crippen molar-refractivity contribution >= 4 is 8.32 Å². The van der Waals surface area contributed by atoms with Crippen LogP contribution in [0, 0.1) is 27.7 Å². The topological polar surface area (TPSA) is 18.5 Å². The van der Waals surface area contributed by atoms with Gasteiger partial charge in [-0.25, -0.2) is 0 Å². The molecule has 0 N–H and O–H groups in total. The summed E-state index contributed by atoms with van der Waals surface area (Å²) in [6.45, 7) is 8.51. The number of hydrogen-bond acceptors (Lipinski definition) is 2. The Labute approximate surface area is 135 Å². The molecule has 108 valence electrons. The van der Waals surface area contributed by atoms with Gasteiger partial charge in [0.1, 0.15) is 0 Å². The molecule has 0 radical (unpaired) electrons. The van der Waals surface area contributed by atoms with Gasteiger partial charge >= 0.3 is 135 Å². The summed E-state index contributed by atoms with van der Waals surface area (Å²) in [7, 11) is 3.49. The Morgan fingerprint density at radius 1 is 0.619 bits per heavy atom. The summed E-state index contributed by atoms with van der Waals surface area (Å²) in [5, 5.41) is 0. The molecule has 0 unspecified atom stereocenters. The van der Waals surface area contributed by atoms with Gasteiger partial charge in [-0.05, 0) is 0 Å². The first-order chi connectivity index (χ1) is 9.96. The summed E-state index contributed by atoms with van der Waals surface area (Å²) in [4.78, 5) is 0. The molecule has 2 nitrogen and oxygen atoms in total. The molecule has 0 heterocycles. The molecule has 21 heavy (non-hydrogen) atoms. The van der Waals surface area contributed by atoms with E-state index in [2.05, 4.69) is 52.0 Å². The molecule has 0 aliphatic carbocycles. The summed E-state index contributed by atoms with van der Waals surface area (Å²) in [6.07, 6.45) is 0. The van der Waals surface area contributed by atoms with Gasteiger partial charge in [-0.2, -0.15) is 0 Å². The van der Waals surface area contributed by atoms with Crippen molar-refractivity contribution < 1.29 is 26.6 Å². The van der Waals surface area contributed by atoms with Gasteiger partial charge in [0, 0.05) is 0 Å². The van der Waals surface area contributed by atoms with Crippen LogP contribution < -0.4 is 17.8 Å². The number of benzene rings is 2. The van der Waals surface area contributed by atoms with Gasteiger partial charge in [-0.3, -0.25) is 0 Å². The summed E-state index contributed by atoms with van der Waals surface area (Å²) < 4.78 is 13.9. The van der Waals surface area contributed by atoms with Crippen LogP contribution in [0.2, 0.25) is 0 Å². The van der Waals surface area contributed by atoms with Gasteiger partial charge in [0.15, 0.2) is 0 Å². The van der Waals surface area contributed by atoms with Crippen LogP contribution in [-0.2, 0) is 17.1 Å². The van der Waals surface area contributed by atoms with E-state index >= 15 is 0 Å². The molecule has 2 rings (SSSR count). The van der Waals surface area contributed by atoms with Gasteiger partial charge in [-0.15, -0.1) is 0 Å². The van der Waals surface area contributed by atoms with E-state index in [1.807, 2.05) is 0 Å². The van der Waals surface area contributed by atoms with Gasteiger partial charge < -0.3 is 0 Å². The molecule has 0 fully saturated rings. The van der Waals surface area contributed by atoms with Gasteiger partial charge in [-0.1, -0.05) is 0 Å². The normalized spacial score (nSPS) is 10.2. The van der Waals surface area contributed by atoms with E-state index in [1.165, 1.54) is 30.6 Å². The van der Waals surface area contributed by atoms with Gasteiger partial charge in [0.05, 0.1) is 0 Å². The maximum atomic E-state index is 5.45. The first-order valence-electron chi connectivity index (χ1n) is 7.24. The Kier molecular flexibility index (Phi) is 5.05. The summed E-state index contributed by atoms with van der Waals surface area (Å²) in [6, 6.07) is 9.17. The van der Waals surface area contributed by atoms with Crippen LogP contribution in [0.15, 0.2) is 24.3 Å². The molecule has 0 bridgehead atoms. The van der Waals surface area contributed by atoms with Crippen LogP contribution >= 0.6 is 0 Å². The van der Waals surface area contributed by atoms with Crippen molar-refractivity contribution in [2.24, 2.45) is 0 Å². The van der Waals surface area contributed by atoms with Crippen LogP contribution in [0.5, 0.6) is 11.5 Å². The fourth-order valence-corrected chi connectivity index (χ4v) is 7.58. The molecule has 0 atom stereocenters. The second kappa shape index (κ2) is 6.62. The Hall–Kier alpha value is -1.34. The van der Waals surface area contributed by atoms with Crippen LogP contribution in [0.1, 0.15) is 22.3 Å². The second-order valence-electron chi connectivity index (χ2n) is 5.70. The zero-order valence-electron chi connectivity index (χ0n) is 13.8. The fourth-order valence-electron chi connectivity index (χ4n) is 3.16. The number of aryl methyl sites for hydroxylation is 4. The molecule has 0 aliphatic heterocycles. The SMILES string of the molecule is COc1c(C)c[c]([Zn][c]2cc(C)c(OC)c(C)c2)cc1C. The van der Waals surface area contributed by atoms with Gasteiger partial charge in [0.2, 0.25) is 0 Å². The standard InChI is InChI=1S/2C9H11O.Zn/c2*1-7-5-4-6-8(2)9(7)10-3;/h2*5-6H,1-3H3;. The minimum absolute atomic E-state index is 0.970. The average Bonchev–Trinajstić information content (AvgIpc) is 2.38. The molecule has 2 aromatic rings. The van der Waals surface area contributed by atoms with Crippen molar-refractivity contribution in [3.8, 4) is 11.5 Å². The average molecular weight is 336 g/mol. The Morgan fingerprint density at radius 3 is 1.14 bits per heavy atom. The number of methoxy groups -OCH3 is 2. The van der Waals surface area contributed by atoms with E-state index < -0.39 is 17.1 Å². The summed E-state index contributed by atoms with van der Waals surface area (Å²) in [5.41, 5.74) is 4.94. The third kappa shape index (κ3) is 3.47. The summed E-state index contributed by atoms with van der Waals surface area (Å²) >= 11 is -0.970. The van der Waals surface area contributed by atoms with E-state index in [0.717, 1.165) is 11.5 Å². The molecule has 0 saturated carbocycles. The monoisotopic (exact) mass is 334 g/mol. The molecule has 0 aromatic heterocycles. The number of hydrogen-bond donors (Lipinski definition) is 0. The maximum absolute atomic E-state index is 5.45. The van der Waals surface area contributed by atoms with Crippen molar-refractivity contribution in [1.29, 1.82) is 0 Å².